The van der Waals surface area contributed by atoms with Crippen molar-refractivity contribution in [3.8, 4) is 5.75 Å². The number of ether oxygens (including phenoxy) is 1. The van der Waals surface area contributed by atoms with Gasteiger partial charge in [-0.15, -0.1) is 0 Å². The topological polar surface area (TPSA) is 21.3 Å². The van der Waals surface area contributed by atoms with E-state index in [0.717, 1.165) is 5.75 Å². The Hall–Kier alpha value is -1.07. The lowest BCUT2D eigenvalue weighted by molar-refractivity contribution is 0.402. The molecule has 2 aromatic carbocycles. The van der Waals surface area contributed by atoms with Gasteiger partial charge < -0.3 is 10.1 Å². The fourth-order valence-electron chi connectivity index (χ4n) is 2.47. The van der Waals surface area contributed by atoms with Gasteiger partial charge in [-0.3, -0.25) is 0 Å². The summed E-state index contributed by atoms with van der Waals surface area (Å²) < 4.78 is 6.89. The van der Waals surface area contributed by atoms with E-state index in [1.807, 2.05) is 7.05 Å². The second-order valence-electron chi connectivity index (χ2n) is 4.90. The number of nitrogens with one attached hydrogen (secondary N) is 1. The van der Waals surface area contributed by atoms with Crippen LogP contribution in [0.15, 0.2) is 36.4 Å². The fourth-order valence-corrected chi connectivity index (χ4v) is 2.83. The van der Waals surface area contributed by atoms with E-state index in [4.69, 9.17) is 4.74 Å². The van der Waals surface area contributed by atoms with E-state index in [1.165, 1.54) is 25.8 Å². The summed E-state index contributed by atoms with van der Waals surface area (Å²) in [7, 11) is 3.73. The molecule has 0 amide bonds. The van der Waals surface area contributed by atoms with Crippen molar-refractivity contribution in [1.29, 1.82) is 0 Å². The minimum absolute atomic E-state index is 0.140. The molecule has 20 heavy (non-hydrogen) atoms. The average molecular weight is 381 g/mol. The van der Waals surface area contributed by atoms with Crippen molar-refractivity contribution < 1.29 is 4.74 Å². The van der Waals surface area contributed by atoms with E-state index < -0.39 is 0 Å². The molecule has 0 heterocycles. The number of benzene rings is 2. The first-order chi connectivity index (χ1) is 9.58. The summed E-state index contributed by atoms with van der Waals surface area (Å²) in [6.07, 6.45) is 0. The van der Waals surface area contributed by atoms with Gasteiger partial charge in [0.2, 0.25) is 0 Å². The molecular weight excluding hydrogens is 361 g/mol. The highest BCUT2D eigenvalue weighted by Crippen LogP contribution is 2.34. The molecule has 2 aromatic rings. The lowest BCUT2D eigenvalue weighted by Crippen LogP contribution is -2.19. The Morgan fingerprint density at radius 3 is 2.25 bits per heavy atom. The number of halogens is 1. The van der Waals surface area contributed by atoms with E-state index in [1.54, 1.807) is 7.11 Å². The van der Waals surface area contributed by atoms with Gasteiger partial charge in [0.25, 0.3) is 0 Å². The van der Waals surface area contributed by atoms with E-state index in [9.17, 15) is 0 Å². The standard InChI is InChI=1S/C17H20INO/c1-11-5-10-15(17(20-4)12(11)2)16(19-3)13-6-8-14(18)9-7-13/h5-10,16,19H,1-4H3. The highest BCUT2D eigenvalue weighted by molar-refractivity contribution is 14.1. The van der Waals surface area contributed by atoms with Crippen LogP contribution in [0.3, 0.4) is 0 Å². The molecule has 0 aromatic heterocycles. The molecule has 2 rings (SSSR count). The predicted molar refractivity (Wildman–Crippen MR) is 92.5 cm³/mol. The minimum Gasteiger partial charge on any atom is -0.496 e. The van der Waals surface area contributed by atoms with Crippen molar-refractivity contribution in [2.24, 2.45) is 0 Å². The van der Waals surface area contributed by atoms with Crippen LogP contribution in [0.4, 0.5) is 0 Å². The van der Waals surface area contributed by atoms with Crippen LogP contribution in [0.1, 0.15) is 28.3 Å². The number of aryl methyl sites for hydroxylation is 1. The van der Waals surface area contributed by atoms with Crippen LogP contribution >= 0.6 is 22.6 Å². The van der Waals surface area contributed by atoms with Gasteiger partial charge in [-0.1, -0.05) is 24.3 Å². The smallest absolute Gasteiger partial charge is 0.127 e. The average Bonchev–Trinajstić information content (AvgIpc) is 2.45. The first-order valence-corrected chi connectivity index (χ1v) is 7.73. The Labute approximate surface area is 134 Å². The number of hydrogen-bond acceptors (Lipinski definition) is 2. The minimum atomic E-state index is 0.140. The Kier molecular flexibility index (Phi) is 5.05. The van der Waals surface area contributed by atoms with Crippen molar-refractivity contribution in [1.82, 2.24) is 5.32 Å². The quantitative estimate of drug-likeness (QED) is 0.801. The summed E-state index contributed by atoms with van der Waals surface area (Å²) in [5.74, 6) is 0.975. The third kappa shape index (κ3) is 2.99. The van der Waals surface area contributed by atoms with Crippen molar-refractivity contribution in [3.63, 3.8) is 0 Å². The summed E-state index contributed by atoms with van der Waals surface area (Å²) in [6, 6.07) is 13.0. The molecule has 106 valence electrons. The molecule has 0 aliphatic rings. The first kappa shape index (κ1) is 15.3. The molecule has 0 aliphatic carbocycles. The molecule has 0 saturated heterocycles. The van der Waals surface area contributed by atoms with Crippen LogP contribution in [-0.2, 0) is 0 Å². The lowest BCUT2D eigenvalue weighted by atomic mass is 9.94. The first-order valence-electron chi connectivity index (χ1n) is 6.65. The maximum atomic E-state index is 5.64. The zero-order valence-electron chi connectivity index (χ0n) is 12.3. The van der Waals surface area contributed by atoms with E-state index in [0.29, 0.717) is 0 Å². The zero-order valence-corrected chi connectivity index (χ0v) is 14.5. The van der Waals surface area contributed by atoms with E-state index >= 15 is 0 Å². The summed E-state index contributed by atoms with van der Waals surface area (Å²) in [5, 5.41) is 3.39. The summed E-state index contributed by atoms with van der Waals surface area (Å²) >= 11 is 2.33. The molecule has 0 radical (unpaired) electrons. The molecule has 0 aliphatic heterocycles. The van der Waals surface area contributed by atoms with Gasteiger partial charge >= 0.3 is 0 Å². The van der Waals surface area contributed by atoms with Gasteiger partial charge in [-0.25, -0.2) is 0 Å². The summed E-state index contributed by atoms with van der Waals surface area (Å²) in [4.78, 5) is 0. The van der Waals surface area contributed by atoms with E-state index in [2.05, 4.69) is 78.2 Å². The summed E-state index contributed by atoms with van der Waals surface area (Å²) in [5.41, 5.74) is 4.88. The Balaban J connectivity index is 2.52. The van der Waals surface area contributed by atoms with Gasteiger partial charge in [0.05, 0.1) is 13.2 Å². The molecule has 0 saturated carbocycles. The third-order valence-corrected chi connectivity index (χ3v) is 4.43. The fraction of sp³-hybridized carbons (Fsp3) is 0.294. The molecule has 0 fully saturated rings. The van der Waals surface area contributed by atoms with Crippen LogP contribution in [0.25, 0.3) is 0 Å². The number of rotatable bonds is 4. The number of methoxy groups -OCH3 is 1. The SMILES string of the molecule is CNC(c1ccc(I)cc1)c1ccc(C)c(C)c1OC. The van der Waals surface area contributed by atoms with Crippen molar-refractivity contribution >= 4 is 22.6 Å². The van der Waals surface area contributed by atoms with Crippen LogP contribution in [0.2, 0.25) is 0 Å². The lowest BCUT2D eigenvalue weighted by Gasteiger charge is -2.22. The third-order valence-electron chi connectivity index (χ3n) is 3.71. The van der Waals surface area contributed by atoms with Gasteiger partial charge in [-0.05, 0) is 72.3 Å². The van der Waals surface area contributed by atoms with Gasteiger partial charge in [0.1, 0.15) is 5.75 Å². The van der Waals surface area contributed by atoms with Crippen LogP contribution < -0.4 is 10.1 Å². The van der Waals surface area contributed by atoms with Crippen LogP contribution in [0.5, 0.6) is 5.75 Å². The van der Waals surface area contributed by atoms with E-state index in [-0.39, 0.29) is 6.04 Å². The molecule has 3 heteroatoms. The van der Waals surface area contributed by atoms with Crippen molar-refractivity contribution in [2.75, 3.05) is 14.2 Å². The molecule has 2 nitrogen and oxygen atoms in total. The van der Waals surface area contributed by atoms with Gasteiger partial charge in [0, 0.05) is 9.13 Å². The molecule has 0 bridgehead atoms. The molecule has 1 unspecified atom stereocenters. The largest absolute Gasteiger partial charge is 0.496 e. The van der Waals surface area contributed by atoms with Crippen LogP contribution in [0, 0.1) is 17.4 Å². The van der Waals surface area contributed by atoms with Crippen molar-refractivity contribution in [2.45, 2.75) is 19.9 Å². The Morgan fingerprint density at radius 1 is 1.05 bits per heavy atom. The second kappa shape index (κ2) is 6.59. The highest BCUT2D eigenvalue weighted by Gasteiger charge is 2.18. The molecule has 0 spiro atoms. The van der Waals surface area contributed by atoms with Gasteiger partial charge in [-0.2, -0.15) is 0 Å². The number of hydrogen-bond donors (Lipinski definition) is 1. The van der Waals surface area contributed by atoms with Gasteiger partial charge in [0.15, 0.2) is 0 Å². The second-order valence-corrected chi connectivity index (χ2v) is 6.15. The van der Waals surface area contributed by atoms with Crippen LogP contribution in [-0.4, -0.2) is 14.2 Å². The predicted octanol–water partition coefficient (Wildman–Crippen LogP) is 4.23. The molecule has 1 N–H and O–H groups in total. The Bertz CT molecular complexity index is 593. The molecular formula is C17H20INO. The zero-order chi connectivity index (χ0) is 14.7. The maximum Gasteiger partial charge on any atom is 0.127 e. The Morgan fingerprint density at radius 2 is 1.70 bits per heavy atom. The normalized spacial score (nSPS) is 12.2. The monoisotopic (exact) mass is 381 g/mol. The van der Waals surface area contributed by atoms with Crippen molar-refractivity contribution in [3.05, 3.63) is 62.2 Å². The highest BCUT2D eigenvalue weighted by atomic mass is 127. The molecule has 1 atom stereocenters. The summed E-state index contributed by atoms with van der Waals surface area (Å²) in [6.45, 7) is 4.22. The maximum absolute atomic E-state index is 5.64.